The van der Waals surface area contributed by atoms with Gasteiger partial charge in [0, 0.05) is 36.6 Å². The Hall–Kier alpha value is -4.14. The van der Waals surface area contributed by atoms with Crippen molar-refractivity contribution in [2.24, 2.45) is 0 Å². The fraction of sp³-hybridized carbons (Fsp3) is 0.208. The molecule has 0 spiro atoms. The van der Waals surface area contributed by atoms with Crippen molar-refractivity contribution in [3.63, 3.8) is 0 Å². The van der Waals surface area contributed by atoms with E-state index in [-0.39, 0.29) is 24.7 Å². The number of fused-ring (bicyclic) bond motifs is 1. The molecule has 9 heteroatoms. The second-order valence-corrected chi connectivity index (χ2v) is 7.40. The summed E-state index contributed by atoms with van der Waals surface area (Å²) in [7, 11) is 0. The fourth-order valence-electron chi connectivity index (χ4n) is 3.86. The van der Waals surface area contributed by atoms with Gasteiger partial charge in [-0.15, -0.1) is 0 Å². The van der Waals surface area contributed by atoms with Crippen LogP contribution in [0.25, 0.3) is 0 Å². The van der Waals surface area contributed by atoms with E-state index >= 15 is 0 Å². The second kappa shape index (κ2) is 9.15. The van der Waals surface area contributed by atoms with Crippen molar-refractivity contribution in [3.8, 4) is 11.5 Å². The van der Waals surface area contributed by atoms with Gasteiger partial charge in [0.25, 0.3) is 5.91 Å². The summed E-state index contributed by atoms with van der Waals surface area (Å²) in [5.74, 6) is -1.28. The zero-order valence-corrected chi connectivity index (χ0v) is 18.0. The molecule has 0 unspecified atom stereocenters. The number of aromatic nitrogens is 2. The molecule has 0 saturated carbocycles. The highest BCUT2D eigenvalue weighted by Gasteiger charge is 2.37. The van der Waals surface area contributed by atoms with E-state index in [0.717, 1.165) is 0 Å². The molecular formula is C24H23FN4O4. The highest BCUT2D eigenvalue weighted by molar-refractivity contribution is 5.96. The maximum Gasteiger partial charge on any atom is 0.277 e. The van der Waals surface area contributed by atoms with Crippen LogP contribution in [-0.2, 0) is 0 Å². The summed E-state index contributed by atoms with van der Waals surface area (Å²) in [6.45, 7) is 6.09. The summed E-state index contributed by atoms with van der Waals surface area (Å²) in [6, 6.07) is 10.1. The largest absolute Gasteiger partial charge is 0.502 e. The number of pyridine rings is 2. The summed E-state index contributed by atoms with van der Waals surface area (Å²) >= 11 is 0. The molecule has 1 aromatic carbocycles. The van der Waals surface area contributed by atoms with Crippen molar-refractivity contribution in [1.82, 2.24) is 14.6 Å². The highest BCUT2D eigenvalue weighted by Crippen LogP contribution is 2.36. The van der Waals surface area contributed by atoms with Gasteiger partial charge in [-0.25, -0.2) is 4.39 Å². The van der Waals surface area contributed by atoms with Crippen molar-refractivity contribution in [2.75, 3.05) is 24.8 Å². The van der Waals surface area contributed by atoms with Gasteiger partial charge < -0.3 is 14.7 Å². The Bertz CT molecular complexity index is 1240. The lowest BCUT2D eigenvalue weighted by atomic mass is 10.0. The average Bonchev–Trinajstić information content (AvgIpc) is 2.83. The topological polar surface area (TPSA) is 87.9 Å². The minimum Gasteiger partial charge on any atom is -0.502 e. The number of benzene rings is 1. The van der Waals surface area contributed by atoms with Crippen molar-refractivity contribution in [2.45, 2.75) is 13.0 Å². The lowest BCUT2D eigenvalue weighted by molar-refractivity contribution is 0.0689. The normalized spacial score (nSPS) is 14.1. The van der Waals surface area contributed by atoms with Crippen molar-refractivity contribution >= 4 is 5.91 Å². The molecule has 3 aromatic rings. The van der Waals surface area contributed by atoms with Crippen molar-refractivity contribution < 1.29 is 19.0 Å². The molecule has 0 aliphatic carbocycles. The zero-order chi connectivity index (χ0) is 23.5. The van der Waals surface area contributed by atoms with Gasteiger partial charge in [0.05, 0.1) is 5.69 Å². The van der Waals surface area contributed by atoms with Crippen LogP contribution in [-0.4, -0.2) is 45.4 Å². The van der Waals surface area contributed by atoms with Crippen molar-refractivity contribution in [3.05, 3.63) is 101 Å². The van der Waals surface area contributed by atoms with Crippen LogP contribution in [0.1, 0.15) is 34.7 Å². The van der Waals surface area contributed by atoms with Crippen molar-refractivity contribution in [1.29, 1.82) is 0 Å². The fourth-order valence-corrected chi connectivity index (χ4v) is 3.86. The van der Waals surface area contributed by atoms with E-state index in [1.807, 2.05) is 6.07 Å². The molecule has 2 aromatic heterocycles. The summed E-state index contributed by atoms with van der Waals surface area (Å²) in [4.78, 5) is 31.1. The molecule has 3 heterocycles. The standard InChI is InChI=1S/C24H23FN4O4/c1-3-13-33-20-14-16(25)8-9-17(20)21(18-7-5-6-11-26-18)29-15-27(4-2)24(32)22-23(31)19(30)10-12-28(22)29/h3,5-12,14,21,31H,1,4,13,15H2,2H3/t21-/m1/s1. The first-order valence-electron chi connectivity index (χ1n) is 10.4. The minimum atomic E-state index is -0.654. The number of hydrogen-bond donors (Lipinski definition) is 1. The number of rotatable bonds is 7. The Labute approximate surface area is 189 Å². The van der Waals surface area contributed by atoms with Gasteiger partial charge in [0.2, 0.25) is 5.43 Å². The van der Waals surface area contributed by atoms with Gasteiger partial charge in [0.15, 0.2) is 11.4 Å². The minimum absolute atomic E-state index is 0.129. The number of carbonyl (C=O) groups excluding carboxylic acids is 1. The van der Waals surface area contributed by atoms with Crippen LogP contribution in [0.15, 0.2) is 72.3 Å². The first-order chi connectivity index (χ1) is 16.0. The Morgan fingerprint density at radius 2 is 2.09 bits per heavy atom. The van der Waals surface area contributed by atoms with Crippen LogP contribution in [0.3, 0.4) is 0 Å². The molecule has 8 nitrogen and oxygen atoms in total. The monoisotopic (exact) mass is 450 g/mol. The number of nitrogens with zero attached hydrogens (tertiary/aromatic N) is 4. The van der Waals surface area contributed by atoms with Gasteiger partial charge in [0.1, 0.15) is 30.9 Å². The van der Waals surface area contributed by atoms with Gasteiger partial charge in [-0.2, -0.15) is 0 Å². The lowest BCUT2D eigenvalue weighted by Gasteiger charge is -2.43. The van der Waals surface area contributed by atoms with E-state index < -0.39 is 28.9 Å². The Kier molecular flexibility index (Phi) is 6.12. The number of aromatic hydroxyl groups is 1. The third kappa shape index (κ3) is 4.05. The van der Waals surface area contributed by atoms with E-state index in [4.69, 9.17) is 4.74 Å². The molecule has 1 atom stereocenters. The number of hydrogen-bond acceptors (Lipinski definition) is 6. The summed E-state index contributed by atoms with van der Waals surface area (Å²) < 4.78 is 21.3. The molecule has 1 N–H and O–H groups in total. The van der Waals surface area contributed by atoms with E-state index in [2.05, 4.69) is 11.6 Å². The van der Waals surface area contributed by atoms with Crippen LogP contribution in [0, 0.1) is 5.82 Å². The Balaban J connectivity index is 1.97. The molecule has 0 bridgehead atoms. The number of halogens is 1. The molecule has 4 rings (SSSR count). The van der Waals surface area contributed by atoms with E-state index in [1.54, 1.807) is 42.4 Å². The molecule has 0 fully saturated rings. The van der Waals surface area contributed by atoms with Gasteiger partial charge in [-0.05, 0) is 31.2 Å². The predicted molar refractivity (Wildman–Crippen MR) is 120 cm³/mol. The number of ether oxygens (including phenoxy) is 1. The quantitative estimate of drug-likeness (QED) is 0.557. The van der Waals surface area contributed by atoms with Crippen LogP contribution >= 0.6 is 0 Å². The molecule has 170 valence electrons. The number of amides is 1. The third-order valence-corrected chi connectivity index (χ3v) is 5.41. The Morgan fingerprint density at radius 3 is 2.79 bits per heavy atom. The average molecular weight is 450 g/mol. The molecular weight excluding hydrogens is 427 g/mol. The first-order valence-corrected chi connectivity index (χ1v) is 10.4. The van der Waals surface area contributed by atoms with Gasteiger partial charge in [-0.3, -0.25) is 24.3 Å². The zero-order valence-electron chi connectivity index (χ0n) is 18.0. The molecule has 33 heavy (non-hydrogen) atoms. The summed E-state index contributed by atoms with van der Waals surface area (Å²) in [5, 5.41) is 12.2. The molecule has 1 amide bonds. The smallest absolute Gasteiger partial charge is 0.277 e. The number of carbonyl (C=O) groups is 1. The van der Waals surface area contributed by atoms with E-state index in [0.29, 0.717) is 17.8 Å². The Morgan fingerprint density at radius 1 is 1.27 bits per heavy atom. The summed E-state index contributed by atoms with van der Waals surface area (Å²) in [6.07, 6.45) is 4.62. The van der Waals surface area contributed by atoms with Crippen LogP contribution in [0.4, 0.5) is 4.39 Å². The molecule has 0 radical (unpaired) electrons. The van der Waals surface area contributed by atoms with Crippen LogP contribution in [0.5, 0.6) is 11.5 Å². The van der Waals surface area contributed by atoms with Crippen LogP contribution < -0.4 is 15.2 Å². The molecule has 1 aliphatic heterocycles. The third-order valence-electron chi connectivity index (χ3n) is 5.41. The lowest BCUT2D eigenvalue weighted by Crippen LogP contribution is -2.55. The van der Waals surface area contributed by atoms with Gasteiger partial charge in [-0.1, -0.05) is 18.7 Å². The van der Waals surface area contributed by atoms with E-state index in [1.165, 1.54) is 34.0 Å². The first kappa shape index (κ1) is 22.1. The summed E-state index contributed by atoms with van der Waals surface area (Å²) in [5.41, 5.74) is 0.388. The van der Waals surface area contributed by atoms with Crippen LogP contribution in [0.2, 0.25) is 0 Å². The SMILES string of the molecule is C=CCOc1cc(F)ccc1[C@H](c1ccccn1)N1CN(CC)C(=O)c2c(O)c(=O)ccn21. The van der Waals surface area contributed by atoms with E-state index in [9.17, 15) is 19.1 Å². The maximum absolute atomic E-state index is 14.1. The highest BCUT2D eigenvalue weighted by atomic mass is 19.1. The maximum atomic E-state index is 14.1. The predicted octanol–water partition coefficient (Wildman–Crippen LogP) is 2.81. The molecule has 0 saturated heterocycles. The second-order valence-electron chi connectivity index (χ2n) is 7.40. The molecule has 1 aliphatic rings. The van der Waals surface area contributed by atoms with Gasteiger partial charge >= 0.3 is 0 Å².